The number of aromatic nitrogens is 4. The second-order valence-corrected chi connectivity index (χ2v) is 20.9. The monoisotopic (exact) mass is 1210 g/mol. The van der Waals surface area contributed by atoms with Crippen LogP contribution in [0.3, 0.4) is 0 Å². The molecule has 0 atom stereocenters. The number of nitrogens with zero attached hydrogens (tertiary/aromatic N) is 4. The van der Waals surface area contributed by atoms with Gasteiger partial charge in [-0.3, -0.25) is 0 Å². The Kier molecular flexibility index (Phi) is 9.85. The average Bonchev–Trinajstić information content (AvgIpc) is 1.68. The smallest absolute Gasteiger partial charge is 0.656 e. The number of rotatable bonds is 4. The zero-order valence-corrected chi connectivity index (χ0v) is 45.5. The third kappa shape index (κ3) is 7.34. The van der Waals surface area contributed by atoms with E-state index in [0.717, 1.165) is 176 Å². The van der Waals surface area contributed by atoms with Crippen molar-refractivity contribution in [2.75, 3.05) is 0 Å². The van der Waals surface area contributed by atoms with Gasteiger partial charge in [-0.05, 0) is 158 Å². The second kappa shape index (κ2) is 18.6. The molecular weight excluding hydrogens is 1160 g/mol. The fourth-order valence-corrected chi connectivity index (χ4v) is 12.7. The Labute approximate surface area is 486 Å². The third-order valence-electron chi connectivity index (χ3n) is 16.4. The molecule has 378 valence electrons. The number of hydrogen-bond donors (Lipinski definition) is 0. The number of hydrogen-bond acceptors (Lipinski definition) is 2. The van der Waals surface area contributed by atoms with Gasteiger partial charge in [0.1, 0.15) is 0 Å². The summed E-state index contributed by atoms with van der Waals surface area (Å²) in [4.78, 5) is 24.2. The number of benzene rings is 12. The minimum absolute atomic E-state index is 0. The van der Waals surface area contributed by atoms with Crippen molar-refractivity contribution in [3.63, 3.8) is 0 Å². The van der Waals surface area contributed by atoms with E-state index in [0.29, 0.717) is 24.2 Å². The van der Waals surface area contributed by atoms with Gasteiger partial charge in [0.2, 0.25) is 0 Å². The van der Waals surface area contributed by atoms with Gasteiger partial charge in [-0.25, -0.2) is 9.97 Å². The van der Waals surface area contributed by atoms with Crippen LogP contribution in [0.25, 0.3) is 176 Å². The Balaban J connectivity index is 0.00000588. The zero-order valence-electron chi connectivity index (χ0n) is 47.2. The first-order valence-corrected chi connectivity index (χ1v) is 27.0. The fraction of sp³-hybridized carbons (Fsp3) is 0. The van der Waals surface area contributed by atoms with Gasteiger partial charge in [-0.15, -0.1) is 22.1 Å². The molecule has 2 aromatic heterocycles. The summed E-state index contributed by atoms with van der Waals surface area (Å²) in [6, 6.07) is 84.3. The first-order chi connectivity index (χ1) is 41.2. The molecule has 12 aromatic carbocycles. The van der Waals surface area contributed by atoms with Gasteiger partial charge in [0.15, 0.2) is 0 Å². The van der Waals surface area contributed by atoms with Crippen molar-refractivity contribution < 1.29 is 26.5 Å². The van der Waals surface area contributed by atoms with Crippen LogP contribution in [0, 0.1) is 0 Å². The van der Waals surface area contributed by atoms with Gasteiger partial charge in [-0.1, -0.05) is 218 Å². The maximum atomic E-state index is 8.82. The third-order valence-corrected chi connectivity index (χ3v) is 16.4. The van der Waals surface area contributed by atoms with Crippen molar-refractivity contribution >= 4 is 86.7 Å². The van der Waals surface area contributed by atoms with E-state index in [-0.39, 0.29) is 21.1 Å². The number of fused-ring (bicyclic) bond motifs is 4. The van der Waals surface area contributed by atoms with Crippen LogP contribution in [-0.4, -0.2) is 9.97 Å². The molecule has 0 spiro atoms. The molecule has 0 fully saturated rings. The summed E-state index contributed by atoms with van der Waals surface area (Å²) in [5.41, 5.74) is 16.0. The molecule has 0 unspecified atom stereocenters. The Morgan fingerprint density at radius 3 is 0.654 bits per heavy atom. The van der Waals surface area contributed by atoms with Crippen molar-refractivity contribution in [3.05, 3.63) is 267 Å². The first-order valence-electron chi connectivity index (χ1n) is 29.0. The van der Waals surface area contributed by atoms with Crippen LogP contribution in [0.2, 0.25) is 0 Å². The molecule has 3 aliphatic rings. The van der Waals surface area contributed by atoms with E-state index in [2.05, 4.69) is 146 Å². The van der Waals surface area contributed by atoms with Gasteiger partial charge in [0.25, 0.3) is 0 Å². The van der Waals surface area contributed by atoms with Gasteiger partial charge in [0, 0.05) is 22.3 Å². The standard InChI is InChI=1S/C76H44N4.Pt/c1-5-21-45(22-6-1)65-69-57-37-49-29-13-15-31-51(49)39-59(57)71(77-69)66(46-23-7-2-8-24-46)73-61-41-53-33-17-19-35-55(53)43-63(61)75(79-73)68(48-27-11-4-12-28-48)76-64-44-56-36-20-18-34-54(56)42-62(64)74(80-76)67(47-25-9-3-10-26-47)72-60-40-52-32-16-14-30-50(52)38-58(60)70(65)78-72;/h1-44H;/q-2;+2/i1D,2D,3D,4D;. The summed E-state index contributed by atoms with van der Waals surface area (Å²) < 4.78 is 35.3. The van der Waals surface area contributed by atoms with Crippen molar-refractivity contribution in [1.29, 1.82) is 0 Å². The second-order valence-electron chi connectivity index (χ2n) is 20.9. The molecule has 2 aliphatic heterocycles. The van der Waals surface area contributed by atoms with Gasteiger partial charge in [-0.2, -0.15) is 0 Å². The maximum Gasteiger partial charge on any atom is 2.00 e. The molecule has 5 heteroatoms. The van der Waals surface area contributed by atoms with E-state index in [4.69, 9.17) is 25.4 Å². The van der Waals surface area contributed by atoms with Gasteiger partial charge in [0.05, 0.1) is 28.3 Å². The molecule has 8 bridgehead atoms. The minimum Gasteiger partial charge on any atom is -0.656 e. The predicted molar refractivity (Wildman–Crippen MR) is 335 cm³/mol. The first kappa shape index (κ1) is 43.0. The molecule has 4 heterocycles. The molecule has 14 aromatic rings. The van der Waals surface area contributed by atoms with Crippen LogP contribution in [-0.2, 0) is 21.1 Å². The van der Waals surface area contributed by atoms with Gasteiger partial charge < -0.3 is 9.97 Å². The topological polar surface area (TPSA) is 54.0 Å². The molecule has 0 N–H and O–H groups in total. The summed E-state index contributed by atoms with van der Waals surface area (Å²) in [5, 5.41) is 12.1. The van der Waals surface area contributed by atoms with Crippen molar-refractivity contribution in [2.45, 2.75) is 0 Å². The molecule has 0 radical (unpaired) electrons. The molecule has 0 saturated heterocycles. The van der Waals surface area contributed by atoms with E-state index in [1.807, 2.05) is 97.1 Å². The molecule has 17 rings (SSSR count). The Hall–Kier alpha value is -9.99. The molecule has 0 amide bonds. The predicted octanol–water partition coefficient (Wildman–Crippen LogP) is 19.8. The zero-order chi connectivity index (χ0) is 55.9. The summed E-state index contributed by atoms with van der Waals surface area (Å²) in [5.74, 6) is 0. The van der Waals surface area contributed by atoms with E-state index < -0.39 is 0 Å². The van der Waals surface area contributed by atoms with Crippen LogP contribution >= 0.6 is 0 Å². The Bertz CT molecular complexity index is 4840. The summed E-state index contributed by atoms with van der Waals surface area (Å²) in [7, 11) is 0. The molecular formula is C76H44N4Pt. The molecule has 0 saturated carbocycles. The van der Waals surface area contributed by atoms with E-state index in [9.17, 15) is 0 Å². The van der Waals surface area contributed by atoms with Gasteiger partial charge >= 0.3 is 21.1 Å². The van der Waals surface area contributed by atoms with Crippen molar-refractivity contribution in [3.8, 4) is 89.5 Å². The Morgan fingerprint density at radius 2 is 0.444 bits per heavy atom. The molecule has 1 aliphatic carbocycles. The van der Waals surface area contributed by atoms with Crippen molar-refractivity contribution in [1.82, 2.24) is 19.9 Å². The van der Waals surface area contributed by atoms with Crippen molar-refractivity contribution in [2.24, 2.45) is 0 Å². The average molecular weight is 1210 g/mol. The van der Waals surface area contributed by atoms with Crippen LogP contribution in [0.1, 0.15) is 5.48 Å². The normalized spacial score (nSPS) is 12.5. The van der Waals surface area contributed by atoms with Crippen LogP contribution < -0.4 is 9.97 Å². The molecule has 81 heavy (non-hydrogen) atoms. The minimum atomic E-state index is 0. The quantitative estimate of drug-likeness (QED) is 0.176. The Morgan fingerprint density at radius 1 is 0.247 bits per heavy atom. The van der Waals surface area contributed by atoms with E-state index in [1.54, 1.807) is 0 Å². The van der Waals surface area contributed by atoms with E-state index in [1.165, 1.54) is 0 Å². The van der Waals surface area contributed by atoms with Crippen LogP contribution in [0.5, 0.6) is 0 Å². The van der Waals surface area contributed by atoms with E-state index >= 15 is 0 Å². The molecule has 4 nitrogen and oxygen atoms in total. The summed E-state index contributed by atoms with van der Waals surface area (Å²) in [6.07, 6.45) is 0. The largest absolute Gasteiger partial charge is 2.00 e. The fourth-order valence-electron chi connectivity index (χ4n) is 12.7. The SMILES string of the molecule is [2H]c1ccc(-c2c3nc(c(-c4ccc([2H])cc4)c4[n-]c(c(-c5ccc([2H])cc5)c5nc(c(-c6ccc([2H])cc6)c6[n-]c2c2cc7ccccc7cc62)-c2cc6ccccc6cc2-5)c2cc5ccccc5cc42)-c2cc4ccccc4cc2-3)cc1.[Pt+2]. The summed E-state index contributed by atoms with van der Waals surface area (Å²) >= 11 is 0. The van der Waals surface area contributed by atoms with Crippen LogP contribution in [0.4, 0.5) is 0 Å². The summed E-state index contributed by atoms with van der Waals surface area (Å²) in [6.45, 7) is 0. The van der Waals surface area contributed by atoms with Crippen LogP contribution in [0.15, 0.2) is 267 Å². The maximum absolute atomic E-state index is 8.82.